The minimum atomic E-state index is -0.783. The van der Waals surface area contributed by atoms with Crippen molar-refractivity contribution in [3.8, 4) is 0 Å². The lowest BCUT2D eigenvalue weighted by molar-refractivity contribution is 0.0162. The number of rotatable bonds is 2. The first-order valence-electron chi connectivity index (χ1n) is 5.77. The summed E-state index contributed by atoms with van der Waals surface area (Å²) in [4.78, 5) is 0. The van der Waals surface area contributed by atoms with Gasteiger partial charge in [0, 0.05) is 13.0 Å². The summed E-state index contributed by atoms with van der Waals surface area (Å²) in [6.45, 7) is 3.36. The average Bonchev–Trinajstić information content (AvgIpc) is 2.23. The van der Waals surface area contributed by atoms with Crippen LogP contribution in [0.4, 0.5) is 4.39 Å². The highest BCUT2D eigenvalue weighted by Crippen LogP contribution is 2.23. The topological polar surface area (TPSA) is 32.3 Å². The predicted molar refractivity (Wildman–Crippen MR) is 61.9 cm³/mol. The maximum Gasteiger partial charge on any atom is 0.126 e. The summed E-state index contributed by atoms with van der Waals surface area (Å²) in [5, 5.41) is 13.4. The van der Waals surface area contributed by atoms with Gasteiger partial charge in [-0.3, -0.25) is 0 Å². The van der Waals surface area contributed by atoms with Crippen LogP contribution in [0.2, 0.25) is 0 Å². The fraction of sp³-hybridized carbons (Fsp3) is 0.538. The van der Waals surface area contributed by atoms with E-state index in [0.29, 0.717) is 18.5 Å². The Morgan fingerprint density at radius 2 is 2.31 bits per heavy atom. The predicted octanol–water partition coefficient (Wildman–Crippen LogP) is 1.79. The molecule has 88 valence electrons. The number of β-amino-alcohol motifs (C(OH)–C–C–N with tert-alkyl or cyclic N) is 1. The van der Waals surface area contributed by atoms with Gasteiger partial charge in [-0.15, -0.1) is 0 Å². The number of nitrogens with one attached hydrogen (secondary N) is 1. The zero-order valence-electron chi connectivity index (χ0n) is 9.59. The van der Waals surface area contributed by atoms with Crippen LogP contribution in [0.15, 0.2) is 18.2 Å². The molecule has 1 aromatic carbocycles. The summed E-state index contributed by atoms with van der Waals surface area (Å²) in [5.74, 6) is -0.209. The monoisotopic (exact) mass is 223 g/mol. The van der Waals surface area contributed by atoms with Crippen LogP contribution in [0.25, 0.3) is 0 Å². The molecule has 1 aliphatic rings. The van der Waals surface area contributed by atoms with E-state index < -0.39 is 5.60 Å². The molecule has 1 aromatic rings. The Bertz CT molecular complexity index is 372. The second-order valence-electron chi connectivity index (χ2n) is 4.78. The molecule has 1 saturated heterocycles. The lowest BCUT2D eigenvalue weighted by Gasteiger charge is -2.32. The minimum Gasteiger partial charge on any atom is -0.388 e. The van der Waals surface area contributed by atoms with Gasteiger partial charge in [-0.1, -0.05) is 12.1 Å². The fourth-order valence-electron chi connectivity index (χ4n) is 2.25. The second-order valence-corrected chi connectivity index (χ2v) is 4.78. The molecule has 1 atom stereocenters. The van der Waals surface area contributed by atoms with Crippen molar-refractivity contribution in [2.24, 2.45) is 0 Å². The van der Waals surface area contributed by atoms with Crippen molar-refractivity contribution >= 4 is 0 Å². The van der Waals surface area contributed by atoms with Crippen LogP contribution in [-0.4, -0.2) is 23.8 Å². The summed E-state index contributed by atoms with van der Waals surface area (Å²) in [6, 6.07) is 5.18. The molecular weight excluding hydrogens is 205 g/mol. The van der Waals surface area contributed by atoms with Gasteiger partial charge in [0.2, 0.25) is 0 Å². The third-order valence-corrected chi connectivity index (χ3v) is 3.18. The Hall–Kier alpha value is -0.930. The number of hydrogen-bond donors (Lipinski definition) is 2. The van der Waals surface area contributed by atoms with Crippen LogP contribution in [0.5, 0.6) is 0 Å². The van der Waals surface area contributed by atoms with Crippen LogP contribution >= 0.6 is 0 Å². The zero-order valence-corrected chi connectivity index (χ0v) is 9.59. The van der Waals surface area contributed by atoms with E-state index in [9.17, 15) is 9.50 Å². The molecule has 2 rings (SSSR count). The molecule has 0 aromatic heterocycles. The first-order valence-corrected chi connectivity index (χ1v) is 5.77. The summed E-state index contributed by atoms with van der Waals surface area (Å²) in [7, 11) is 0. The highest BCUT2D eigenvalue weighted by molar-refractivity contribution is 5.25. The summed E-state index contributed by atoms with van der Waals surface area (Å²) in [6.07, 6.45) is 2.09. The quantitative estimate of drug-likeness (QED) is 0.801. The van der Waals surface area contributed by atoms with Crippen molar-refractivity contribution in [2.75, 3.05) is 13.1 Å². The first-order chi connectivity index (χ1) is 7.59. The average molecular weight is 223 g/mol. The van der Waals surface area contributed by atoms with Gasteiger partial charge in [-0.2, -0.15) is 0 Å². The number of benzene rings is 1. The van der Waals surface area contributed by atoms with Crippen LogP contribution < -0.4 is 5.32 Å². The third kappa shape index (κ3) is 2.60. The SMILES string of the molecule is Cc1ccc(CC2(O)CCCNC2)c(F)c1. The Morgan fingerprint density at radius 1 is 1.50 bits per heavy atom. The number of aryl methyl sites for hydroxylation is 1. The van der Waals surface area contributed by atoms with Crippen LogP contribution in [0.3, 0.4) is 0 Å². The van der Waals surface area contributed by atoms with Gasteiger partial charge in [0.25, 0.3) is 0 Å². The van der Waals surface area contributed by atoms with E-state index in [-0.39, 0.29) is 5.82 Å². The van der Waals surface area contributed by atoms with Crippen molar-refractivity contribution in [1.82, 2.24) is 5.32 Å². The third-order valence-electron chi connectivity index (χ3n) is 3.18. The molecule has 3 heteroatoms. The van der Waals surface area contributed by atoms with Crippen LogP contribution in [0.1, 0.15) is 24.0 Å². The Balaban J connectivity index is 2.13. The number of halogens is 1. The molecule has 16 heavy (non-hydrogen) atoms. The van der Waals surface area contributed by atoms with Gasteiger partial charge >= 0.3 is 0 Å². The summed E-state index contributed by atoms with van der Waals surface area (Å²) < 4.78 is 13.6. The Labute approximate surface area is 95.5 Å². The number of piperidine rings is 1. The standard InChI is InChI=1S/C13H18FNO/c1-10-3-4-11(12(14)7-10)8-13(16)5-2-6-15-9-13/h3-4,7,15-16H,2,5-6,8-9H2,1H3. The van der Waals surface area contributed by atoms with Crippen LogP contribution in [-0.2, 0) is 6.42 Å². The minimum absolute atomic E-state index is 0.209. The second kappa shape index (κ2) is 4.52. The maximum atomic E-state index is 13.6. The molecule has 0 amide bonds. The van der Waals surface area contributed by atoms with E-state index >= 15 is 0 Å². The van der Waals surface area contributed by atoms with E-state index in [1.807, 2.05) is 13.0 Å². The lowest BCUT2D eigenvalue weighted by atomic mass is 9.87. The normalized spacial score (nSPS) is 25.7. The molecule has 0 saturated carbocycles. The number of aliphatic hydroxyl groups is 1. The highest BCUT2D eigenvalue weighted by atomic mass is 19.1. The highest BCUT2D eigenvalue weighted by Gasteiger charge is 2.30. The van der Waals surface area contributed by atoms with Gasteiger partial charge in [0.05, 0.1) is 5.60 Å². The molecule has 2 nitrogen and oxygen atoms in total. The molecular formula is C13H18FNO. The lowest BCUT2D eigenvalue weighted by Crippen LogP contribution is -2.47. The first kappa shape index (κ1) is 11.6. The Kier molecular flexibility index (Phi) is 3.26. The maximum absolute atomic E-state index is 13.6. The molecule has 1 heterocycles. The molecule has 0 spiro atoms. The number of hydrogen-bond acceptors (Lipinski definition) is 2. The van der Waals surface area contributed by atoms with E-state index in [2.05, 4.69) is 5.32 Å². The van der Waals surface area contributed by atoms with Crippen LogP contribution in [0, 0.1) is 12.7 Å². The van der Waals surface area contributed by atoms with Crippen molar-refractivity contribution in [1.29, 1.82) is 0 Å². The van der Waals surface area contributed by atoms with Crippen molar-refractivity contribution in [3.63, 3.8) is 0 Å². The molecule has 0 radical (unpaired) electrons. The molecule has 1 unspecified atom stereocenters. The smallest absolute Gasteiger partial charge is 0.126 e. The molecule has 0 bridgehead atoms. The van der Waals surface area contributed by atoms with Gasteiger partial charge in [0.1, 0.15) is 5.82 Å². The van der Waals surface area contributed by atoms with Gasteiger partial charge in [-0.05, 0) is 43.5 Å². The molecule has 0 aliphatic carbocycles. The summed E-state index contributed by atoms with van der Waals surface area (Å²) >= 11 is 0. The van der Waals surface area contributed by atoms with Gasteiger partial charge in [0.15, 0.2) is 0 Å². The fourth-order valence-corrected chi connectivity index (χ4v) is 2.25. The molecule has 1 fully saturated rings. The van der Waals surface area contributed by atoms with E-state index in [1.165, 1.54) is 6.07 Å². The van der Waals surface area contributed by atoms with E-state index in [0.717, 1.165) is 24.9 Å². The van der Waals surface area contributed by atoms with Crippen molar-refractivity contribution in [3.05, 3.63) is 35.1 Å². The van der Waals surface area contributed by atoms with Crippen molar-refractivity contribution < 1.29 is 9.50 Å². The van der Waals surface area contributed by atoms with Crippen molar-refractivity contribution in [2.45, 2.75) is 31.8 Å². The van der Waals surface area contributed by atoms with Gasteiger partial charge in [-0.25, -0.2) is 4.39 Å². The molecule has 1 aliphatic heterocycles. The largest absolute Gasteiger partial charge is 0.388 e. The van der Waals surface area contributed by atoms with Gasteiger partial charge < -0.3 is 10.4 Å². The molecule has 2 N–H and O–H groups in total. The Morgan fingerprint density at radius 3 is 2.94 bits per heavy atom. The zero-order chi connectivity index (χ0) is 11.6. The summed E-state index contributed by atoms with van der Waals surface area (Å²) in [5.41, 5.74) is 0.737. The van der Waals surface area contributed by atoms with E-state index in [4.69, 9.17) is 0 Å². The van der Waals surface area contributed by atoms with E-state index in [1.54, 1.807) is 6.07 Å².